The zero-order valence-electron chi connectivity index (χ0n) is 14.4. The van der Waals surface area contributed by atoms with E-state index in [2.05, 4.69) is 17.1 Å². The highest BCUT2D eigenvalue weighted by molar-refractivity contribution is 5.83. The Morgan fingerprint density at radius 3 is 2.64 bits per heavy atom. The van der Waals surface area contributed by atoms with Gasteiger partial charge in [-0.15, -0.1) is 0 Å². The largest absolute Gasteiger partial charge is 0.342 e. The number of aryl methyl sites for hydroxylation is 1. The maximum atomic E-state index is 12.5. The fourth-order valence-electron chi connectivity index (χ4n) is 3.37. The SMILES string of the molecule is O=C(CCc1ccccc1)[C@H]1CCCN(C(=O)Cc2cccnc2)C1. The van der Waals surface area contributed by atoms with Crippen molar-refractivity contribution in [1.29, 1.82) is 0 Å². The first-order valence-corrected chi connectivity index (χ1v) is 8.95. The summed E-state index contributed by atoms with van der Waals surface area (Å²) in [5.41, 5.74) is 2.11. The Balaban J connectivity index is 1.51. The van der Waals surface area contributed by atoms with Crippen molar-refractivity contribution < 1.29 is 9.59 Å². The van der Waals surface area contributed by atoms with Gasteiger partial charge in [-0.1, -0.05) is 36.4 Å². The highest BCUT2D eigenvalue weighted by Crippen LogP contribution is 2.20. The number of ketones is 1. The smallest absolute Gasteiger partial charge is 0.227 e. The molecule has 25 heavy (non-hydrogen) atoms. The highest BCUT2D eigenvalue weighted by Gasteiger charge is 2.27. The summed E-state index contributed by atoms with van der Waals surface area (Å²) in [6.07, 6.45) is 6.92. The summed E-state index contributed by atoms with van der Waals surface area (Å²) in [6.45, 7) is 1.31. The van der Waals surface area contributed by atoms with E-state index in [4.69, 9.17) is 0 Å². The maximum absolute atomic E-state index is 12.5. The fraction of sp³-hybridized carbons (Fsp3) is 0.381. The van der Waals surface area contributed by atoms with Crippen LogP contribution in [0.4, 0.5) is 0 Å². The predicted molar refractivity (Wildman–Crippen MR) is 97.0 cm³/mol. The number of benzene rings is 1. The van der Waals surface area contributed by atoms with E-state index in [0.29, 0.717) is 19.4 Å². The van der Waals surface area contributed by atoms with Crippen molar-refractivity contribution in [3.8, 4) is 0 Å². The van der Waals surface area contributed by atoms with Gasteiger partial charge in [-0.05, 0) is 36.5 Å². The number of Topliss-reactive ketones (excluding diaryl/α,β-unsaturated/α-hetero) is 1. The lowest BCUT2D eigenvalue weighted by molar-refractivity contribution is -0.134. The molecule has 1 saturated heterocycles. The number of nitrogens with zero attached hydrogens (tertiary/aromatic N) is 2. The van der Waals surface area contributed by atoms with Gasteiger partial charge in [0.1, 0.15) is 5.78 Å². The van der Waals surface area contributed by atoms with Crippen LogP contribution >= 0.6 is 0 Å². The van der Waals surface area contributed by atoms with Crippen LogP contribution in [0.3, 0.4) is 0 Å². The molecular formula is C21H24N2O2. The third-order valence-electron chi connectivity index (χ3n) is 4.81. The minimum absolute atomic E-state index is 0.0182. The van der Waals surface area contributed by atoms with Crippen molar-refractivity contribution in [3.05, 3.63) is 66.0 Å². The third kappa shape index (κ3) is 4.99. The van der Waals surface area contributed by atoms with Crippen LogP contribution in [-0.4, -0.2) is 34.7 Å². The van der Waals surface area contributed by atoms with Crippen LogP contribution in [0.25, 0.3) is 0 Å². The number of carbonyl (C=O) groups is 2. The van der Waals surface area contributed by atoms with Crippen molar-refractivity contribution in [1.82, 2.24) is 9.88 Å². The van der Waals surface area contributed by atoms with E-state index in [1.807, 2.05) is 35.2 Å². The second-order valence-electron chi connectivity index (χ2n) is 6.67. The molecule has 1 aromatic carbocycles. The molecule has 0 spiro atoms. The number of rotatable bonds is 6. The second-order valence-corrected chi connectivity index (χ2v) is 6.67. The maximum Gasteiger partial charge on any atom is 0.227 e. The molecule has 1 atom stereocenters. The van der Waals surface area contributed by atoms with Crippen LogP contribution in [0, 0.1) is 5.92 Å². The quantitative estimate of drug-likeness (QED) is 0.814. The number of hydrogen-bond acceptors (Lipinski definition) is 3. The molecule has 0 N–H and O–H groups in total. The van der Waals surface area contributed by atoms with Gasteiger partial charge in [-0.2, -0.15) is 0 Å². The van der Waals surface area contributed by atoms with Crippen LogP contribution in [0.5, 0.6) is 0 Å². The topological polar surface area (TPSA) is 50.3 Å². The second kappa shape index (κ2) is 8.56. The third-order valence-corrected chi connectivity index (χ3v) is 4.81. The molecule has 0 bridgehead atoms. The average Bonchev–Trinajstić information content (AvgIpc) is 2.68. The Morgan fingerprint density at radius 1 is 1.08 bits per heavy atom. The summed E-state index contributed by atoms with van der Waals surface area (Å²) >= 11 is 0. The molecule has 1 aromatic heterocycles. The van der Waals surface area contributed by atoms with Crippen LogP contribution in [-0.2, 0) is 22.4 Å². The van der Waals surface area contributed by atoms with Crippen molar-refractivity contribution in [3.63, 3.8) is 0 Å². The van der Waals surface area contributed by atoms with Crippen molar-refractivity contribution in [2.75, 3.05) is 13.1 Å². The average molecular weight is 336 g/mol. The highest BCUT2D eigenvalue weighted by atomic mass is 16.2. The molecular weight excluding hydrogens is 312 g/mol. The Labute approximate surface area is 148 Å². The summed E-state index contributed by atoms with van der Waals surface area (Å²) < 4.78 is 0. The monoisotopic (exact) mass is 336 g/mol. The first kappa shape index (κ1) is 17.3. The van der Waals surface area contributed by atoms with Gasteiger partial charge in [0.2, 0.25) is 5.91 Å². The lowest BCUT2D eigenvalue weighted by atomic mass is 9.90. The molecule has 2 heterocycles. The Morgan fingerprint density at radius 2 is 1.88 bits per heavy atom. The number of amides is 1. The minimum Gasteiger partial charge on any atom is -0.342 e. The normalized spacial score (nSPS) is 17.3. The Hall–Kier alpha value is -2.49. The minimum atomic E-state index is -0.0182. The summed E-state index contributed by atoms with van der Waals surface area (Å²) in [7, 11) is 0. The van der Waals surface area contributed by atoms with Crippen LogP contribution < -0.4 is 0 Å². The van der Waals surface area contributed by atoms with E-state index >= 15 is 0 Å². The molecule has 0 unspecified atom stereocenters. The molecule has 1 aliphatic rings. The molecule has 2 aromatic rings. The first-order chi connectivity index (χ1) is 12.2. The van der Waals surface area contributed by atoms with Crippen molar-refractivity contribution in [2.45, 2.75) is 32.1 Å². The van der Waals surface area contributed by atoms with E-state index < -0.39 is 0 Å². The molecule has 3 rings (SSSR count). The van der Waals surface area contributed by atoms with Crippen LogP contribution in [0.2, 0.25) is 0 Å². The van der Waals surface area contributed by atoms with Crippen LogP contribution in [0.1, 0.15) is 30.4 Å². The predicted octanol–water partition coefficient (Wildman–Crippen LogP) is 3.06. The summed E-state index contributed by atoms with van der Waals surface area (Å²) in [5.74, 6) is 0.353. The number of likely N-dealkylation sites (tertiary alicyclic amines) is 1. The van der Waals surface area contributed by atoms with Gasteiger partial charge in [-0.25, -0.2) is 0 Å². The molecule has 0 saturated carbocycles. The first-order valence-electron chi connectivity index (χ1n) is 8.95. The zero-order chi connectivity index (χ0) is 17.5. The number of aromatic nitrogens is 1. The number of pyridine rings is 1. The zero-order valence-corrected chi connectivity index (χ0v) is 14.4. The molecule has 1 amide bonds. The lowest BCUT2D eigenvalue weighted by Crippen LogP contribution is -2.43. The molecule has 0 aliphatic carbocycles. The lowest BCUT2D eigenvalue weighted by Gasteiger charge is -2.32. The van der Waals surface area contributed by atoms with Gasteiger partial charge >= 0.3 is 0 Å². The Bertz CT molecular complexity index is 700. The molecule has 4 heteroatoms. The van der Waals surface area contributed by atoms with E-state index in [0.717, 1.165) is 31.4 Å². The van der Waals surface area contributed by atoms with E-state index in [1.165, 1.54) is 5.56 Å². The molecule has 4 nitrogen and oxygen atoms in total. The van der Waals surface area contributed by atoms with Gasteiger partial charge in [0.25, 0.3) is 0 Å². The molecule has 130 valence electrons. The number of hydrogen-bond donors (Lipinski definition) is 0. The van der Waals surface area contributed by atoms with Gasteiger partial charge in [0.15, 0.2) is 0 Å². The molecule has 1 fully saturated rings. The van der Waals surface area contributed by atoms with Gasteiger partial charge in [0.05, 0.1) is 6.42 Å². The van der Waals surface area contributed by atoms with Crippen LogP contribution in [0.15, 0.2) is 54.9 Å². The molecule has 0 radical (unpaired) electrons. The van der Waals surface area contributed by atoms with Gasteiger partial charge < -0.3 is 4.90 Å². The standard InChI is InChI=1S/C21H24N2O2/c24-20(11-10-17-6-2-1-3-7-17)19-9-5-13-23(16-19)21(25)14-18-8-4-12-22-15-18/h1-4,6-8,12,15,19H,5,9-11,13-14,16H2/t19-/m0/s1. The number of carbonyl (C=O) groups excluding carboxylic acids is 2. The Kier molecular flexibility index (Phi) is 5.94. The summed E-state index contributed by atoms with van der Waals surface area (Å²) in [6, 6.07) is 13.8. The van der Waals surface area contributed by atoms with Gasteiger partial charge in [0, 0.05) is 37.8 Å². The van der Waals surface area contributed by atoms with Crippen molar-refractivity contribution >= 4 is 11.7 Å². The number of piperidine rings is 1. The van der Waals surface area contributed by atoms with E-state index in [1.54, 1.807) is 12.4 Å². The van der Waals surface area contributed by atoms with Crippen molar-refractivity contribution in [2.24, 2.45) is 5.92 Å². The van der Waals surface area contributed by atoms with E-state index in [-0.39, 0.29) is 17.6 Å². The van der Waals surface area contributed by atoms with Gasteiger partial charge in [-0.3, -0.25) is 14.6 Å². The summed E-state index contributed by atoms with van der Waals surface area (Å²) in [4.78, 5) is 31.0. The summed E-state index contributed by atoms with van der Waals surface area (Å²) in [5, 5.41) is 0. The molecule has 1 aliphatic heterocycles. The van der Waals surface area contributed by atoms with E-state index in [9.17, 15) is 9.59 Å². The fourth-order valence-corrected chi connectivity index (χ4v) is 3.37.